The van der Waals surface area contributed by atoms with Crippen LogP contribution in [0.4, 0.5) is 13.2 Å². The van der Waals surface area contributed by atoms with Crippen molar-refractivity contribution in [1.82, 2.24) is 4.57 Å². The number of hydrogen-bond donors (Lipinski definition) is 0. The maximum absolute atomic E-state index is 13.5. The Labute approximate surface area is 120 Å². The molecule has 3 aromatic rings. The van der Waals surface area contributed by atoms with Crippen molar-refractivity contribution in [2.45, 2.75) is 13.3 Å². The number of aryl methyl sites for hydroxylation is 1. The molecule has 0 unspecified atom stereocenters. The van der Waals surface area contributed by atoms with Crippen molar-refractivity contribution in [3.63, 3.8) is 0 Å². The summed E-state index contributed by atoms with van der Waals surface area (Å²) in [6.45, 7) is 1.94. The molecule has 0 saturated carbocycles. The van der Waals surface area contributed by atoms with Crippen LogP contribution in [0.1, 0.15) is 17.7 Å². The first-order chi connectivity index (χ1) is 9.99. The molecule has 0 aliphatic heterocycles. The highest BCUT2D eigenvalue weighted by Gasteiger charge is 2.15. The highest BCUT2D eigenvalue weighted by molar-refractivity contribution is 5.98. The standard InChI is InChI=1S/C17H14F3N/c1-10-16(11-3-5-12(6-4-11)17(19)20)14-9-13(18)7-8-15(14)21(10)2/h3-9,17H,1-2H3. The van der Waals surface area contributed by atoms with Crippen LogP contribution in [-0.2, 0) is 7.05 Å². The minimum atomic E-state index is -2.48. The van der Waals surface area contributed by atoms with Gasteiger partial charge < -0.3 is 4.57 Å². The first-order valence-corrected chi connectivity index (χ1v) is 6.62. The van der Waals surface area contributed by atoms with Gasteiger partial charge in [0.2, 0.25) is 0 Å². The normalized spacial score (nSPS) is 11.5. The van der Waals surface area contributed by atoms with E-state index in [0.717, 1.165) is 27.7 Å². The van der Waals surface area contributed by atoms with Gasteiger partial charge in [-0.2, -0.15) is 0 Å². The van der Waals surface area contributed by atoms with Crippen molar-refractivity contribution in [1.29, 1.82) is 0 Å². The third-order valence-electron chi connectivity index (χ3n) is 3.91. The van der Waals surface area contributed by atoms with Crippen LogP contribution < -0.4 is 0 Å². The quantitative estimate of drug-likeness (QED) is 0.608. The molecule has 0 aliphatic carbocycles. The molecule has 4 heteroatoms. The fourth-order valence-electron chi connectivity index (χ4n) is 2.70. The molecule has 0 atom stereocenters. The van der Waals surface area contributed by atoms with Gasteiger partial charge in [-0.15, -0.1) is 0 Å². The van der Waals surface area contributed by atoms with Gasteiger partial charge >= 0.3 is 0 Å². The van der Waals surface area contributed by atoms with Crippen LogP contribution in [0, 0.1) is 12.7 Å². The highest BCUT2D eigenvalue weighted by atomic mass is 19.3. The van der Waals surface area contributed by atoms with Crippen molar-refractivity contribution >= 4 is 10.9 Å². The number of rotatable bonds is 2. The second kappa shape index (κ2) is 4.95. The summed E-state index contributed by atoms with van der Waals surface area (Å²) in [5, 5.41) is 0.791. The molecule has 108 valence electrons. The highest BCUT2D eigenvalue weighted by Crippen LogP contribution is 2.35. The van der Waals surface area contributed by atoms with Crippen LogP contribution >= 0.6 is 0 Å². The SMILES string of the molecule is Cc1c(-c2ccc(C(F)F)cc2)c2cc(F)ccc2n1C. The van der Waals surface area contributed by atoms with Crippen molar-refractivity contribution < 1.29 is 13.2 Å². The summed E-state index contributed by atoms with van der Waals surface area (Å²) >= 11 is 0. The molecule has 0 fully saturated rings. The van der Waals surface area contributed by atoms with E-state index in [1.54, 1.807) is 18.2 Å². The second-order valence-electron chi connectivity index (χ2n) is 5.10. The third-order valence-corrected chi connectivity index (χ3v) is 3.91. The van der Waals surface area contributed by atoms with Gasteiger partial charge in [0.15, 0.2) is 0 Å². The van der Waals surface area contributed by atoms with E-state index in [-0.39, 0.29) is 11.4 Å². The molecule has 0 saturated heterocycles. The molecule has 2 aromatic carbocycles. The molecular weight excluding hydrogens is 275 g/mol. The Kier molecular flexibility index (Phi) is 3.24. The molecule has 1 aromatic heterocycles. The van der Waals surface area contributed by atoms with E-state index in [0.29, 0.717) is 0 Å². The van der Waals surface area contributed by atoms with Gasteiger partial charge in [-0.3, -0.25) is 0 Å². The first-order valence-electron chi connectivity index (χ1n) is 6.62. The maximum atomic E-state index is 13.5. The van der Waals surface area contributed by atoms with Crippen molar-refractivity contribution in [2.24, 2.45) is 7.05 Å². The van der Waals surface area contributed by atoms with Crippen LogP contribution in [0.2, 0.25) is 0 Å². The Morgan fingerprint density at radius 3 is 2.29 bits per heavy atom. The minimum absolute atomic E-state index is 0.0113. The van der Waals surface area contributed by atoms with Crippen LogP contribution in [0.5, 0.6) is 0 Å². The fourth-order valence-corrected chi connectivity index (χ4v) is 2.70. The van der Waals surface area contributed by atoms with Crippen LogP contribution in [-0.4, -0.2) is 4.57 Å². The second-order valence-corrected chi connectivity index (χ2v) is 5.10. The minimum Gasteiger partial charge on any atom is -0.347 e. The zero-order valence-electron chi connectivity index (χ0n) is 11.7. The Balaban J connectivity index is 2.24. The summed E-state index contributed by atoms with van der Waals surface area (Å²) in [6.07, 6.45) is -2.48. The first kappa shape index (κ1) is 13.7. The molecule has 0 bridgehead atoms. The average Bonchev–Trinajstić information content (AvgIpc) is 2.70. The summed E-state index contributed by atoms with van der Waals surface area (Å²) in [5.41, 5.74) is 3.57. The van der Waals surface area contributed by atoms with Gasteiger partial charge in [0, 0.05) is 34.8 Å². The van der Waals surface area contributed by atoms with Crippen LogP contribution in [0.15, 0.2) is 42.5 Å². The molecule has 1 nitrogen and oxygen atoms in total. The van der Waals surface area contributed by atoms with Gasteiger partial charge in [0.25, 0.3) is 6.43 Å². The maximum Gasteiger partial charge on any atom is 0.263 e. The predicted molar refractivity (Wildman–Crippen MR) is 78.0 cm³/mol. The lowest BCUT2D eigenvalue weighted by molar-refractivity contribution is 0.151. The van der Waals surface area contributed by atoms with E-state index in [1.165, 1.54) is 24.3 Å². The number of halogens is 3. The third kappa shape index (κ3) is 2.20. The van der Waals surface area contributed by atoms with Gasteiger partial charge in [-0.05, 0) is 30.7 Å². The number of aromatic nitrogens is 1. The van der Waals surface area contributed by atoms with Crippen LogP contribution in [0.25, 0.3) is 22.0 Å². The largest absolute Gasteiger partial charge is 0.347 e. The summed E-state index contributed by atoms with van der Waals surface area (Å²) in [5.74, 6) is -0.307. The molecule has 3 rings (SSSR count). The Hall–Kier alpha value is -2.23. The van der Waals surface area contributed by atoms with Gasteiger partial charge in [-0.25, -0.2) is 13.2 Å². The molecule has 21 heavy (non-hydrogen) atoms. The lowest BCUT2D eigenvalue weighted by Gasteiger charge is -2.05. The van der Waals surface area contributed by atoms with E-state index in [1.807, 2.05) is 18.5 Å². The molecule has 0 N–H and O–H groups in total. The van der Waals surface area contributed by atoms with Gasteiger partial charge in [0.1, 0.15) is 5.82 Å². The smallest absolute Gasteiger partial charge is 0.263 e. The van der Waals surface area contributed by atoms with E-state index in [9.17, 15) is 13.2 Å². The van der Waals surface area contributed by atoms with Gasteiger partial charge in [-0.1, -0.05) is 24.3 Å². The van der Waals surface area contributed by atoms with E-state index in [4.69, 9.17) is 0 Å². The molecular formula is C17H14F3N. The number of benzene rings is 2. The fraction of sp³-hybridized carbons (Fsp3) is 0.176. The number of fused-ring (bicyclic) bond motifs is 1. The molecule has 1 heterocycles. The van der Waals surface area contributed by atoms with Crippen molar-refractivity contribution in [3.05, 3.63) is 59.5 Å². The topological polar surface area (TPSA) is 4.93 Å². The van der Waals surface area contributed by atoms with E-state index < -0.39 is 6.43 Å². The Morgan fingerprint density at radius 1 is 1.00 bits per heavy atom. The van der Waals surface area contributed by atoms with Crippen molar-refractivity contribution in [2.75, 3.05) is 0 Å². The zero-order valence-corrected chi connectivity index (χ0v) is 11.7. The molecule has 0 aliphatic rings. The molecule has 0 spiro atoms. The number of alkyl halides is 2. The zero-order chi connectivity index (χ0) is 15.1. The number of hydrogen-bond acceptors (Lipinski definition) is 0. The summed E-state index contributed by atoms with van der Waals surface area (Å²) in [6, 6.07) is 10.8. The molecule has 0 radical (unpaired) electrons. The van der Waals surface area contributed by atoms with Crippen molar-refractivity contribution in [3.8, 4) is 11.1 Å². The summed E-state index contributed by atoms with van der Waals surface area (Å²) in [7, 11) is 1.91. The van der Waals surface area contributed by atoms with Crippen LogP contribution in [0.3, 0.4) is 0 Å². The molecule has 0 amide bonds. The lowest BCUT2D eigenvalue weighted by Crippen LogP contribution is -1.90. The number of nitrogens with zero attached hydrogens (tertiary/aromatic N) is 1. The Morgan fingerprint density at radius 2 is 1.67 bits per heavy atom. The van der Waals surface area contributed by atoms with E-state index >= 15 is 0 Å². The average molecular weight is 289 g/mol. The van der Waals surface area contributed by atoms with Gasteiger partial charge in [0.05, 0.1) is 0 Å². The van der Waals surface area contributed by atoms with E-state index in [2.05, 4.69) is 0 Å². The summed E-state index contributed by atoms with van der Waals surface area (Å²) in [4.78, 5) is 0. The monoisotopic (exact) mass is 289 g/mol. The summed E-state index contributed by atoms with van der Waals surface area (Å²) < 4.78 is 40.8. The lowest BCUT2D eigenvalue weighted by atomic mass is 10.0. The Bertz CT molecular complexity index is 801. The predicted octanol–water partition coefficient (Wildman–Crippen LogP) is 5.23.